The van der Waals surface area contributed by atoms with Crippen LogP contribution in [0, 0.1) is 0 Å². The van der Waals surface area contributed by atoms with Crippen LogP contribution in [-0.4, -0.2) is 17.4 Å². The maximum atomic E-state index is 10.0. The smallest absolute Gasteiger partial charge is 0.303 e. The van der Waals surface area contributed by atoms with Crippen molar-refractivity contribution in [2.24, 2.45) is 0 Å². The number of hydrogen-bond acceptors (Lipinski definition) is 2. The van der Waals surface area contributed by atoms with E-state index in [-0.39, 0.29) is 0 Å². The molecule has 0 amide bonds. The Morgan fingerprint density at radius 3 is 1.74 bits per heavy atom. The van der Waals surface area contributed by atoms with Crippen molar-refractivity contribution < 1.29 is 14.7 Å². The molecule has 0 aliphatic carbocycles. The molecule has 0 aliphatic rings. The number of hydrogen-bond donors (Lipinski definition) is 1. The zero-order chi connectivity index (χ0) is 14.8. The van der Waals surface area contributed by atoms with Gasteiger partial charge in [-0.25, -0.2) is 0 Å². The third-order valence-electron chi connectivity index (χ3n) is 2.92. The number of aliphatic carboxylic acids is 1. The summed E-state index contributed by atoms with van der Waals surface area (Å²) >= 11 is 0. The normalized spacial score (nSPS) is 9.58. The van der Waals surface area contributed by atoms with Crippen LogP contribution in [0.1, 0.15) is 90.9 Å². The minimum absolute atomic E-state index is 0.337. The minimum Gasteiger partial charge on any atom is -0.481 e. The first-order valence-electron chi connectivity index (χ1n) is 7.84. The molecule has 0 aromatic heterocycles. The highest BCUT2D eigenvalue weighted by molar-refractivity contribution is 5.66. The Morgan fingerprint density at radius 1 is 0.842 bits per heavy atom. The van der Waals surface area contributed by atoms with Crippen LogP contribution in [0.2, 0.25) is 0 Å². The van der Waals surface area contributed by atoms with Crippen LogP contribution < -0.4 is 0 Å². The number of carboxylic acid groups (broad SMARTS) is 1. The second-order valence-electron chi connectivity index (χ2n) is 4.93. The lowest BCUT2D eigenvalue weighted by atomic mass is 10.1. The van der Waals surface area contributed by atoms with Crippen molar-refractivity contribution in [3.8, 4) is 0 Å². The molecular formula is C16H32O3. The van der Waals surface area contributed by atoms with Gasteiger partial charge in [0, 0.05) is 12.8 Å². The summed E-state index contributed by atoms with van der Waals surface area (Å²) in [6.07, 6.45) is 13.9. The van der Waals surface area contributed by atoms with Gasteiger partial charge in [-0.3, -0.25) is 4.79 Å². The van der Waals surface area contributed by atoms with E-state index < -0.39 is 5.97 Å². The maximum Gasteiger partial charge on any atom is 0.303 e. The molecule has 0 radical (unpaired) electrons. The van der Waals surface area contributed by atoms with Gasteiger partial charge in [-0.15, -0.1) is 0 Å². The molecule has 0 fully saturated rings. The molecule has 1 N–H and O–H groups in total. The average Bonchev–Trinajstić information content (AvgIpc) is 2.39. The predicted molar refractivity (Wildman–Crippen MR) is 80.5 cm³/mol. The molecule has 3 nitrogen and oxygen atoms in total. The van der Waals surface area contributed by atoms with Crippen LogP contribution in [0.5, 0.6) is 0 Å². The van der Waals surface area contributed by atoms with Crippen LogP contribution in [0.4, 0.5) is 0 Å². The molecule has 19 heavy (non-hydrogen) atoms. The molecule has 0 atom stereocenters. The molecule has 0 heterocycles. The van der Waals surface area contributed by atoms with Gasteiger partial charge in [0.2, 0.25) is 0 Å². The second-order valence-corrected chi connectivity index (χ2v) is 4.93. The Labute approximate surface area is 118 Å². The zero-order valence-electron chi connectivity index (χ0n) is 12.8. The lowest BCUT2D eigenvalue weighted by Crippen LogP contribution is -1.93. The Hall–Kier alpha value is -0.860. The summed E-state index contributed by atoms with van der Waals surface area (Å²) in [7, 11) is 0. The Balaban J connectivity index is 0. The Morgan fingerprint density at radius 2 is 1.32 bits per heavy atom. The fourth-order valence-electron chi connectivity index (χ4n) is 1.71. The Kier molecular flexibility index (Phi) is 21.0. The van der Waals surface area contributed by atoms with Crippen molar-refractivity contribution in [2.75, 3.05) is 0 Å². The van der Waals surface area contributed by atoms with Gasteiger partial charge in [-0.2, -0.15) is 0 Å². The van der Waals surface area contributed by atoms with E-state index in [2.05, 4.69) is 13.8 Å². The molecule has 0 unspecified atom stereocenters. The van der Waals surface area contributed by atoms with E-state index in [1.54, 1.807) is 0 Å². The molecule has 0 aromatic carbocycles. The van der Waals surface area contributed by atoms with E-state index >= 15 is 0 Å². The molecule has 0 bridgehead atoms. The lowest BCUT2D eigenvalue weighted by Gasteiger charge is -1.95. The van der Waals surface area contributed by atoms with Crippen molar-refractivity contribution >= 4 is 12.3 Å². The van der Waals surface area contributed by atoms with Crippen LogP contribution in [-0.2, 0) is 9.59 Å². The third kappa shape index (κ3) is 26.7. The van der Waals surface area contributed by atoms with Crippen molar-refractivity contribution in [3.05, 3.63) is 0 Å². The van der Waals surface area contributed by atoms with Gasteiger partial charge < -0.3 is 9.90 Å². The van der Waals surface area contributed by atoms with Crippen LogP contribution >= 0.6 is 0 Å². The van der Waals surface area contributed by atoms with E-state index in [4.69, 9.17) is 5.11 Å². The summed E-state index contributed by atoms with van der Waals surface area (Å²) in [5, 5.41) is 8.27. The number of carbonyl (C=O) groups is 2. The number of carboxylic acids is 1. The highest BCUT2D eigenvalue weighted by Gasteiger charge is 1.94. The summed E-state index contributed by atoms with van der Waals surface area (Å²) in [5.74, 6) is -0.670. The van der Waals surface area contributed by atoms with Gasteiger partial charge in [-0.1, -0.05) is 65.2 Å². The number of unbranched alkanes of at least 4 members (excludes halogenated alkanes) is 9. The van der Waals surface area contributed by atoms with Gasteiger partial charge >= 0.3 is 5.97 Å². The van der Waals surface area contributed by atoms with Gasteiger partial charge in [0.15, 0.2) is 0 Å². The third-order valence-corrected chi connectivity index (χ3v) is 2.92. The SMILES string of the molecule is CCCCCCCC(=O)O.CCCCCCCC=O. The Bertz CT molecular complexity index is 190. The first-order valence-corrected chi connectivity index (χ1v) is 7.84. The zero-order valence-corrected chi connectivity index (χ0v) is 12.8. The second kappa shape index (κ2) is 19.5. The molecular weight excluding hydrogens is 240 g/mol. The molecule has 0 aromatic rings. The average molecular weight is 272 g/mol. The molecule has 0 saturated carbocycles. The fraction of sp³-hybridized carbons (Fsp3) is 0.875. The summed E-state index contributed by atoms with van der Waals surface area (Å²) in [6, 6.07) is 0. The lowest BCUT2D eigenvalue weighted by molar-refractivity contribution is -0.137. The predicted octanol–water partition coefficient (Wildman–Crippen LogP) is 4.98. The van der Waals surface area contributed by atoms with Crippen molar-refractivity contribution in [1.82, 2.24) is 0 Å². The highest BCUT2D eigenvalue weighted by atomic mass is 16.4. The quantitative estimate of drug-likeness (QED) is 0.403. The molecule has 0 saturated heterocycles. The van der Waals surface area contributed by atoms with E-state index in [0.29, 0.717) is 6.42 Å². The van der Waals surface area contributed by atoms with Gasteiger partial charge in [0.05, 0.1) is 0 Å². The summed E-state index contributed by atoms with van der Waals surface area (Å²) in [4.78, 5) is 19.9. The molecule has 0 aliphatic heterocycles. The standard InChI is InChI=1S/C8H16O2.C8H16O/c1-2-3-4-5-6-7-8(9)10;1-2-3-4-5-6-7-8-9/h2-7H2,1H3,(H,9,10);8H,2-7H2,1H3. The van der Waals surface area contributed by atoms with Gasteiger partial charge in [0.25, 0.3) is 0 Å². The molecule has 0 rings (SSSR count). The summed E-state index contributed by atoms with van der Waals surface area (Å²) < 4.78 is 0. The molecule has 114 valence electrons. The van der Waals surface area contributed by atoms with E-state index in [1.807, 2.05) is 0 Å². The first-order chi connectivity index (χ1) is 9.18. The van der Waals surface area contributed by atoms with Crippen LogP contribution in [0.25, 0.3) is 0 Å². The monoisotopic (exact) mass is 272 g/mol. The first kappa shape index (κ1) is 20.5. The van der Waals surface area contributed by atoms with E-state index in [0.717, 1.165) is 32.0 Å². The minimum atomic E-state index is -0.670. The van der Waals surface area contributed by atoms with Gasteiger partial charge in [-0.05, 0) is 12.8 Å². The van der Waals surface area contributed by atoms with E-state index in [9.17, 15) is 9.59 Å². The van der Waals surface area contributed by atoms with Crippen molar-refractivity contribution in [2.45, 2.75) is 90.9 Å². The van der Waals surface area contributed by atoms with Crippen LogP contribution in [0.15, 0.2) is 0 Å². The summed E-state index contributed by atoms with van der Waals surface area (Å²) in [6.45, 7) is 4.34. The topological polar surface area (TPSA) is 54.4 Å². The fourth-order valence-corrected chi connectivity index (χ4v) is 1.71. The maximum absolute atomic E-state index is 10.0. The van der Waals surface area contributed by atoms with Crippen molar-refractivity contribution in [3.63, 3.8) is 0 Å². The number of carbonyl (C=O) groups excluding carboxylic acids is 1. The number of rotatable bonds is 12. The number of aldehydes is 1. The summed E-state index contributed by atoms with van der Waals surface area (Å²) in [5.41, 5.74) is 0. The van der Waals surface area contributed by atoms with Crippen LogP contribution in [0.3, 0.4) is 0 Å². The van der Waals surface area contributed by atoms with Gasteiger partial charge in [0.1, 0.15) is 6.29 Å². The van der Waals surface area contributed by atoms with E-state index in [1.165, 1.54) is 44.9 Å². The molecule has 0 spiro atoms. The van der Waals surface area contributed by atoms with Crippen molar-refractivity contribution in [1.29, 1.82) is 0 Å². The highest BCUT2D eigenvalue weighted by Crippen LogP contribution is 2.04. The molecule has 3 heteroatoms. The largest absolute Gasteiger partial charge is 0.481 e.